The second-order valence-corrected chi connectivity index (χ2v) is 6.49. The number of rotatable bonds is 5. The van der Waals surface area contributed by atoms with Crippen molar-refractivity contribution in [1.82, 2.24) is 10.6 Å². The first kappa shape index (κ1) is 17.2. The van der Waals surface area contributed by atoms with Crippen LogP contribution in [-0.4, -0.2) is 31.1 Å². The van der Waals surface area contributed by atoms with Gasteiger partial charge in [0, 0.05) is 6.07 Å². The van der Waals surface area contributed by atoms with Gasteiger partial charge in [-0.2, -0.15) is 0 Å². The number of hydrogen-bond donors (Lipinski definition) is 2. The van der Waals surface area contributed by atoms with Gasteiger partial charge in [0.25, 0.3) is 0 Å². The summed E-state index contributed by atoms with van der Waals surface area (Å²) in [6.45, 7) is 3.74. The van der Waals surface area contributed by atoms with Gasteiger partial charge >= 0.3 is 0 Å². The average molecular weight is 336 g/mol. The summed E-state index contributed by atoms with van der Waals surface area (Å²) >= 11 is 4.83. The zero-order valence-electron chi connectivity index (χ0n) is 13.6. The van der Waals surface area contributed by atoms with Gasteiger partial charge in [-0.3, -0.25) is 9.59 Å². The van der Waals surface area contributed by atoms with Crippen molar-refractivity contribution < 1.29 is 19.1 Å². The van der Waals surface area contributed by atoms with Crippen molar-refractivity contribution in [3.63, 3.8) is 0 Å². The minimum atomic E-state index is -0.832. The zero-order chi connectivity index (χ0) is 17.2. The van der Waals surface area contributed by atoms with Crippen molar-refractivity contribution in [2.45, 2.75) is 20.3 Å². The van der Waals surface area contributed by atoms with Gasteiger partial charge in [-0.1, -0.05) is 19.9 Å². The molecule has 0 unspecified atom stereocenters. The highest BCUT2D eigenvalue weighted by Gasteiger charge is 2.44. The number of carbonyl (C=O) groups is 2. The molecule has 1 heterocycles. The molecule has 7 heteroatoms. The summed E-state index contributed by atoms with van der Waals surface area (Å²) < 4.78 is 10.6. The number of benzene rings is 1. The SMILES string of the molecule is COc1ccc(CC(C)(C)C2C(=O)NC(=S)NC2=O)c(OC)c1. The van der Waals surface area contributed by atoms with Crippen molar-refractivity contribution in [3.05, 3.63) is 23.8 Å². The average Bonchev–Trinajstić information content (AvgIpc) is 2.45. The normalized spacial score (nSPS) is 15.9. The van der Waals surface area contributed by atoms with Crippen LogP contribution in [0.25, 0.3) is 0 Å². The summed E-state index contributed by atoms with van der Waals surface area (Å²) in [5, 5.41) is 5.07. The molecular weight excluding hydrogens is 316 g/mol. The van der Waals surface area contributed by atoms with E-state index < -0.39 is 11.3 Å². The van der Waals surface area contributed by atoms with Crippen molar-refractivity contribution in [2.75, 3.05) is 14.2 Å². The lowest BCUT2D eigenvalue weighted by Gasteiger charge is -2.35. The van der Waals surface area contributed by atoms with Crippen molar-refractivity contribution >= 4 is 29.1 Å². The van der Waals surface area contributed by atoms with E-state index in [1.165, 1.54) is 0 Å². The first-order valence-electron chi connectivity index (χ1n) is 7.15. The fourth-order valence-corrected chi connectivity index (χ4v) is 3.02. The van der Waals surface area contributed by atoms with Gasteiger partial charge in [0.1, 0.15) is 17.4 Å². The van der Waals surface area contributed by atoms with Crippen LogP contribution < -0.4 is 20.1 Å². The predicted molar refractivity (Wildman–Crippen MR) is 89.4 cm³/mol. The van der Waals surface area contributed by atoms with Crippen LogP contribution in [0.5, 0.6) is 11.5 Å². The molecule has 2 amide bonds. The van der Waals surface area contributed by atoms with Gasteiger partial charge in [-0.25, -0.2) is 0 Å². The molecule has 6 nitrogen and oxygen atoms in total. The molecule has 2 N–H and O–H groups in total. The van der Waals surface area contributed by atoms with E-state index in [1.807, 2.05) is 26.0 Å². The fourth-order valence-electron chi connectivity index (χ4n) is 2.82. The van der Waals surface area contributed by atoms with E-state index in [9.17, 15) is 9.59 Å². The molecule has 0 radical (unpaired) electrons. The van der Waals surface area contributed by atoms with E-state index in [4.69, 9.17) is 21.7 Å². The van der Waals surface area contributed by atoms with Crippen LogP contribution in [0.2, 0.25) is 0 Å². The Morgan fingerprint density at radius 1 is 1.13 bits per heavy atom. The van der Waals surface area contributed by atoms with E-state index in [1.54, 1.807) is 20.3 Å². The van der Waals surface area contributed by atoms with Crippen LogP contribution in [0.4, 0.5) is 0 Å². The number of hydrogen-bond acceptors (Lipinski definition) is 5. The summed E-state index contributed by atoms with van der Waals surface area (Å²) in [5.41, 5.74) is 0.276. The summed E-state index contributed by atoms with van der Waals surface area (Å²) in [6.07, 6.45) is 0.485. The predicted octanol–water partition coefficient (Wildman–Crippen LogP) is 1.42. The minimum absolute atomic E-state index is 0.0501. The quantitative estimate of drug-likeness (QED) is 0.628. The first-order valence-corrected chi connectivity index (χ1v) is 7.56. The topological polar surface area (TPSA) is 76.7 Å². The lowest BCUT2D eigenvalue weighted by atomic mass is 9.72. The van der Waals surface area contributed by atoms with E-state index >= 15 is 0 Å². The van der Waals surface area contributed by atoms with Crippen LogP contribution in [0.1, 0.15) is 19.4 Å². The highest BCUT2D eigenvalue weighted by Crippen LogP contribution is 2.36. The maximum absolute atomic E-state index is 12.2. The van der Waals surface area contributed by atoms with Crippen molar-refractivity contribution in [3.8, 4) is 11.5 Å². The van der Waals surface area contributed by atoms with Crippen LogP contribution in [0.3, 0.4) is 0 Å². The van der Waals surface area contributed by atoms with Crippen molar-refractivity contribution in [2.24, 2.45) is 11.3 Å². The highest BCUT2D eigenvalue weighted by atomic mass is 32.1. The van der Waals surface area contributed by atoms with Gasteiger partial charge in [-0.15, -0.1) is 0 Å². The zero-order valence-corrected chi connectivity index (χ0v) is 14.4. The van der Waals surface area contributed by atoms with Crippen LogP contribution in [-0.2, 0) is 16.0 Å². The lowest BCUT2D eigenvalue weighted by molar-refractivity contribution is -0.140. The Labute approximate surface area is 140 Å². The molecule has 23 heavy (non-hydrogen) atoms. The molecule has 124 valence electrons. The second-order valence-electron chi connectivity index (χ2n) is 6.08. The lowest BCUT2D eigenvalue weighted by Crippen LogP contribution is -2.59. The van der Waals surface area contributed by atoms with Crippen LogP contribution in [0, 0.1) is 11.3 Å². The molecule has 0 atom stereocenters. The number of ether oxygens (including phenoxy) is 2. The third-order valence-corrected chi connectivity index (χ3v) is 4.12. The Bertz CT molecular complexity index is 637. The number of methoxy groups -OCH3 is 2. The largest absolute Gasteiger partial charge is 0.497 e. The molecule has 1 aliphatic heterocycles. The van der Waals surface area contributed by atoms with E-state index in [2.05, 4.69) is 10.6 Å². The molecule has 1 aromatic carbocycles. The Morgan fingerprint density at radius 2 is 1.74 bits per heavy atom. The van der Waals surface area contributed by atoms with Gasteiger partial charge in [0.2, 0.25) is 11.8 Å². The second kappa shape index (κ2) is 6.54. The molecule has 0 aromatic heterocycles. The van der Waals surface area contributed by atoms with E-state index in [0.717, 1.165) is 5.56 Å². The molecule has 0 spiro atoms. The van der Waals surface area contributed by atoms with Crippen LogP contribution >= 0.6 is 12.2 Å². The molecule has 0 bridgehead atoms. The molecule has 1 fully saturated rings. The molecule has 1 aromatic rings. The van der Waals surface area contributed by atoms with Crippen molar-refractivity contribution in [1.29, 1.82) is 0 Å². The third kappa shape index (κ3) is 3.61. The Hall–Kier alpha value is -2.15. The number of carbonyl (C=O) groups excluding carboxylic acids is 2. The number of nitrogens with one attached hydrogen (secondary N) is 2. The number of amides is 2. The smallest absolute Gasteiger partial charge is 0.239 e. The Morgan fingerprint density at radius 3 is 2.26 bits per heavy atom. The van der Waals surface area contributed by atoms with Crippen LogP contribution in [0.15, 0.2) is 18.2 Å². The molecule has 0 saturated carbocycles. The molecular formula is C16H20N2O4S. The summed E-state index contributed by atoms with van der Waals surface area (Å²) in [7, 11) is 3.15. The summed E-state index contributed by atoms with van der Waals surface area (Å²) in [6, 6.07) is 5.48. The standard InChI is InChI=1S/C16H20N2O4S/c1-16(2,12-13(19)17-15(23)18-14(12)20)8-9-5-6-10(21-3)7-11(9)22-4/h5-7,12H,8H2,1-4H3,(H2,17,18,19,20,23). The molecule has 2 rings (SSSR count). The molecule has 1 aliphatic rings. The Kier molecular flexibility index (Phi) is 4.89. The third-order valence-electron chi connectivity index (χ3n) is 3.92. The van der Waals surface area contributed by atoms with Gasteiger partial charge in [-0.05, 0) is 35.7 Å². The first-order chi connectivity index (χ1) is 10.8. The molecule has 0 aliphatic carbocycles. The summed E-state index contributed by atoms with van der Waals surface area (Å²) in [5.74, 6) is -0.250. The number of thiocarbonyl (C=S) groups is 1. The fraction of sp³-hybridized carbons (Fsp3) is 0.438. The molecule has 1 saturated heterocycles. The highest BCUT2D eigenvalue weighted by molar-refractivity contribution is 7.80. The van der Waals surface area contributed by atoms with Gasteiger partial charge in [0.05, 0.1) is 14.2 Å². The maximum atomic E-state index is 12.2. The Balaban J connectivity index is 2.29. The minimum Gasteiger partial charge on any atom is -0.497 e. The maximum Gasteiger partial charge on any atom is 0.239 e. The monoisotopic (exact) mass is 336 g/mol. The van der Waals surface area contributed by atoms with Gasteiger partial charge < -0.3 is 20.1 Å². The van der Waals surface area contributed by atoms with Gasteiger partial charge in [0.15, 0.2) is 5.11 Å². The van der Waals surface area contributed by atoms with E-state index in [0.29, 0.717) is 17.9 Å². The van der Waals surface area contributed by atoms with E-state index in [-0.39, 0.29) is 16.9 Å². The summed E-state index contributed by atoms with van der Waals surface area (Å²) in [4.78, 5) is 24.4.